The van der Waals surface area contributed by atoms with Gasteiger partial charge in [0, 0.05) is 33.2 Å². The van der Waals surface area contributed by atoms with Gasteiger partial charge in [-0.2, -0.15) is 10.2 Å². The molecule has 4 heterocycles. The number of aryl methyl sites for hydroxylation is 1. The maximum atomic E-state index is 12.2. The number of hydrogen-bond acceptors (Lipinski definition) is 7. The standard InChI is InChI=1S/C15H15N7OS/c1-20-9-17-13-12(20)14(23)19-15(18-13)22-5-3-21(4-6-22)10-2-7-24-11(10)8-16/h2,7,9H,3-6H2,1H3,(H,18,19,23). The van der Waals surface area contributed by atoms with Crippen molar-refractivity contribution in [3.8, 4) is 6.07 Å². The third-order valence-corrected chi connectivity index (χ3v) is 5.04. The lowest BCUT2D eigenvalue weighted by atomic mass is 10.2. The molecular weight excluding hydrogens is 326 g/mol. The van der Waals surface area contributed by atoms with Crippen LogP contribution in [0.25, 0.3) is 11.2 Å². The SMILES string of the molecule is Cn1cnc2nc(N3CCN(c4ccsc4C#N)CC3)[nH]c(=O)c21. The molecular formula is C15H15N7OS. The molecule has 0 unspecified atom stereocenters. The summed E-state index contributed by atoms with van der Waals surface area (Å²) < 4.78 is 1.67. The molecule has 4 rings (SSSR count). The van der Waals surface area contributed by atoms with E-state index in [9.17, 15) is 4.79 Å². The van der Waals surface area contributed by atoms with Crippen molar-refractivity contribution in [2.75, 3.05) is 36.0 Å². The smallest absolute Gasteiger partial charge is 0.278 e. The topological polar surface area (TPSA) is 93.8 Å². The highest BCUT2D eigenvalue weighted by Crippen LogP contribution is 2.26. The van der Waals surface area contributed by atoms with Crippen LogP contribution in [0.3, 0.4) is 0 Å². The number of H-pyrrole nitrogens is 1. The predicted octanol–water partition coefficient (Wildman–Crippen LogP) is 0.916. The zero-order valence-electron chi connectivity index (χ0n) is 13.1. The van der Waals surface area contributed by atoms with Crippen molar-refractivity contribution in [1.29, 1.82) is 5.26 Å². The summed E-state index contributed by atoms with van der Waals surface area (Å²) in [5.74, 6) is 0.552. The van der Waals surface area contributed by atoms with Gasteiger partial charge >= 0.3 is 0 Å². The van der Waals surface area contributed by atoms with Crippen molar-refractivity contribution in [1.82, 2.24) is 19.5 Å². The van der Waals surface area contributed by atoms with Crippen molar-refractivity contribution in [2.24, 2.45) is 7.05 Å². The van der Waals surface area contributed by atoms with Crippen LogP contribution in [-0.4, -0.2) is 45.7 Å². The molecule has 1 aliphatic rings. The summed E-state index contributed by atoms with van der Waals surface area (Å²) in [5, 5.41) is 11.1. The van der Waals surface area contributed by atoms with Gasteiger partial charge < -0.3 is 14.4 Å². The quantitative estimate of drug-likeness (QED) is 0.745. The van der Waals surface area contributed by atoms with Crippen LogP contribution in [0.15, 0.2) is 22.6 Å². The van der Waals surface area contributed by atoms with Crippen molar-refractivity contribution >= 4 is 34.1 Å². The Morgan fingerprint density at radius 2 is 2.04 bits per heavy atom. The van der Waals surface area contributed by atoms with Crippen molar-refractivity contribution < 1.29 is 0 Å². The number of piperazine rings is 1. The van der Waals surface area contributed by atoms with Gasteiger partial charge in [-0.25, -0.2) is 4.98 Å². The lowest BCUT2D eigenvalue weighted by Gasteiger charge is -2.35. The summed E-state index contributed by atoms with van der Waals surface area (Å²) in [4.78, 5) is 28.7. The van der Waals surface area contributed by atoms with Crippen LogP contribution < -0.4 is 15.4 Å². The number of anilines is 2. The Bertz CT molecular complexity index is 987. The van der Waals surface area contributed by atoms with Gasteiger partial charge in [-0.15, -0.1) is 11.3 Å². The maximum Gasteiger partial charge on any atom is 0.278 e. The lowest BCUT2D eigenvalue weighted by molar-refractivity contribution is 0.640. The number of aromatic nitrogens is 4. The van der Waals surface area contributed by atoms with Crippen LogP contribution in [0, 0.1) is 11.3 Å². The fraction of sp³-hybridized carbons (Fsp3) is 0.333. The average molecular weight is 341 g/mol. The highest BCUT2D eigenvalue weighted by Gasteiger charge is 2.22. The summed E-state index contributed by atoms with van der Waals surface area (Å²) in [6, 6.07) is 4.22. The number of thiophene rings is 1. The molecule has 0 aromatic carbocycles. The van der Waals surface area contributed by atoms with E-state index in [2.05, 4.69) is 25.9 Å². The van der Waals surface area contributed by atoms with Crippen LogP contribution in [0.2, 0.25) is 0 Å². The molecule has 0 aliphatic carbocycles. The monoisotopic (exact) mass is 341 g/mol. The Labute approximate surface area is 141 Å². The molecule has 1 saturated heterocycles. The zero-order chi connectivity index (χ0) is 16.7. The molecule has 0 atom stereocenters. The second-order valence-corrected chi connectivity index (χ2v) is 6.55. The van der Waals surface area contributed by atoms with Crippen molar-refractivity contribution in [2.45, 2.75) is 0 Å². The molecule has 0 spiro atoms. The second kappa shape index (κ2) is 5.65. The molecule has 24 heavy (non-hydrogen) atoms. The van der Waals surface area contributed by atoms with Gasteiger partial charge in [-0.1, -0.05) is 0 Å². The first-order valence-corrected chi connectivity index (χ1v) is 8.44. The summed E-state index contributed by atoms with van der Waals surface area (Å²) in [6.45, 7) is 2.99. The van der Waals surface area contributed by atoms with E-state index in [1.807, 2.05) is 16.3 Å². The number of fused-ring (bicyclic) bond motifs is 1. The van der Waals surface area contributed by atoms with Gasteiger partial charge in [-0.3, -0.25) is 9.78 Å². The third-order valence-electron chi connectivity index (χ3n) is 4.24. The Hall–Kier alpha value is -2.86. The van der Waals surface area contributed by atoms with Gasteiger partial charge in [0.1, 0.15) is 10.9 Å². The largest absolute Gasteiger partial charge is 0.366 e. The fourth-order valence-electron chi connectivity index (χ4n) is 2.99. The van der Waals surface area contributed by atoms with E-state index in [-0.39, 0.29) is 5.56 Å². The molecule has 0 saturated carbocycles. The highest BCUT2D eigenvalue weighted by atomic mass is 32.1. The minimum Gasteiger partial charge on any atom is -0.366 e. The van der Waals surface area contributed by atoms with Gasteiger partial charge in [0.05, 0.1) is 12.0 Å². The number of hydrogen-bond donors (Lipinski definition) is 1. The molecule has 0 radical (unpaired) electrons. The number of nitrogens with one attached hydrogen (secondary N) is 1. The molecule has 8 nitrogen and oxygen atoms in total. The van der Waals surface area contributed by atoms with E-state index in [0.29, 0.717) is 17.1 Å². The first kappa shape index (κ1) is 14.7. The molecule has 3 aromatic heterocycles. The zero-order valence-corrected chi connectivity index (χ0v) is 13.9. The summed E-state index contributed by atoms with van der Waals surface area (Å²) in [7, 11) is 1.78. The van der Waals surface area contributed by atoms with Crippen LogP contribution in [0.4, 0.5) is 11.6 Å². The Balaban J connectivity index is 1.56. The van der Waals surface area contributed by atoms with E-state index in [4.69, 9.17) is 5.26 Å². The summed E-state index contributed by atoms with van der Waals surface area (Å²) in [6.07, 6.45) is 1.59. The Kier molecular flexibility index (Phi) is 3.46. The average Bonchev–Trinajstić information content (AvgIpc) is 3.22. The number of rotatable bonds is 2. The molecule has 1 N–H and O–H groups in total. The van der Waals surface area contributed by atoms with E-state index >= 15 is 0 Å². The first-order valence-electron chi connectivity index (χ1n) is 7.56. The molecule has 1 fully saturated rings. The predicted molar refractivity (Wildman–Crippen MR) is 92.6 cm³/mol. The summed E-state index contributed by atoms with van der Waals surface area (Å²) in [5.41, 5.74) is 1.75. The molecule has 9 heteroatoms. The number of imidazole rings is 1. The van der Waals surface area contributed by atoms with Crippen LogP contribution in [0.5, 0.6) is 0 Å². The lowest BCUT2D eigenvalue weighted by Crippen LogP contribution is -2.47. The van der Waals surface area contributed by atoms with Crippen LogP contribution in [-0.2, 0) is 7.05 Å². The minimum atomic E-state index is -0.179. The molecule has 0 amide bonds. The van der Waals surface area contributed by atoms with E-state index < -0.39 is 0 Å². The van der Waals surface area contributed by atoms with E-state index in [0.717, 1.165) is 36.7 Å². The van der Waals surface area contributed by atoms with Gasteiger partial charge in [-0.05, 0) is 11.4 Å². The van der Waals surface area contributed by atoms with Gasteiger partial charge in [0.2, 0.25) is 5.95 Å². The van der Waals surface area contributed by atoms with Crippen LogP contribution in [0.1, 0.15) is 4.88 Å². The normalized spacial score (nSPS) is 15.0. The van der Waals surface area contributed by atoms with Crippen molar-refractivity contribution in [3.63, 3.8) is 0 Å². The molecule has 1 aliphatic heterocycles. The van der Waals surface area contributed by atoms with Crippen molar-refractivity contribution in [3.05, 3.63) is 33.0 Å². The molecule has 3 aromatic rings. The first-order chi connectivity index (χ1) is 11.7. The molecule has 0 bridgehead atoms. The second-order valence-electron chi connectivity index (χ2n) is 5.64. The minimum absolute atomic E-state index is 0.179. The number of nitriles is 1. The molecule has 122 valence electrons. The Morgan fingerprint density at radius 1 is 1.29 bits per heavy atom. The van der Waals surface area contributed by atoms with Gasteiger partial charge in [0.15, 0.2) is 11.2 Å². The van der Waals surface area contributed by atoms with Crippen LogP contribution >= 0.6 is 11.3 Å². The third kappa shape index (κ3) is 2.32. The van der Waals surface area contributed by atoms with Gasteiger partial charge in [0.25, 0.3) is 5.56 Å². The maximum absolute atomic E-state index is 12.2. The number of aromatic amines is 1. The van der Waals surface area contributed by atoms with E-state index in [1.54, 1.807) is 17.9 Å². The fourth-order valence-corrected chi connectivity index (χ4v) is 3.70. The highest BCUT2D eigenvalue weighted by molar-refractivity contribution is 7.11. The summed E-state index contributed by atoms with van der Waals surface area (Å²) >= 11 is 1.46. The van der Waals surface area contributed by atoms with E-state index in [1.165, 1.54) is 11.3 Å². The number of nitrogens with zero attached hydrogens (tertiary/aromatic N) is 6. The Morgan fingerprint density at radius 3 is 2.79 bits per heavy atom.